The van der Waals surface area contributed by atoms with E-state index in [4.69, 9.17) is 4.98 Å². The molecule has 6 heteroatoms. The third-order valence-electron chi connectivity index (χ3n) is 8.90. The second-order valence-electron chi connectivity index (χ2n) is 15.5. The van der Waals surface area contributed by atoms with Gasteiger partial charge in [-0.25, -0.2) is 4.39 Å². The number of aryl methyl sites for hydroxylation is 3. The van der Waals surface area contributed by atoms with E-state index in [1.165, 1.54) is 50.4 Å². The van der Waals surface area contributed by atoms with Crippen LogP contribution in [0.1, 0.15) is 43.0 Å². The van der Waals surface area contributed by atoms with Crippen molar-refractivity contribution < 1.29 is 24.5 Å². The Bertz CT molecular complexity index is 2290. The van der Waals surface area contributed by atoms with Crippen molar-refractivity contribution in [1.82, 2.24) is 9.97 Å². The summed E-state index contributed by atoms with van der Waals surface area (Å²) in [5, 5.41) is 3.48. The van der Waals surface area contributed by atoms with Crippen LogP contribution in [-0.2, 0) is 26.5 Å². The zero-order valence-corrected chi connectivity index (χ0v) is 35.2. The van der Waals surface area contributed by atoms with E-state index < -0.39 is 8.07 Å². The van der Waals surface area contributed by atoms with Gasteiger partial charge in [-0.3, -0.25) is 0 Å². The third-order valence-corrected chi connectivity index (χ3v) is 12.2. The first-order chi connectivity index (χ1) is 23.7. The molecule has 7 aromatic rings. The molecule has 2 nitrogen and oxygen atoms in total. The normalized spacial score (nSPS) is 11.6. The number of thiophene rings is 1. The first-order valence-electron chi connectivity index (χ1n) is 17.2. The van der Waals surface area contributed by atoms with Crippen LogP contribution in [-0.4, -0.2) is 18.0 Å². The van der Waals surface area contributed by atoms with Gasteiger partial charge in [0.1, 0.15) is 5.82 Å². The predicted octanol–water partition coefficient (Wildman–Crippen LogP) is 12.3. The molecule has 0 spiro atoms. The van der Waals surface area contributed by atoms with E-state index >= 15 is 0 Å². The molecule has 0 aliphatic carbocycles. The van der Waals surface area contributed by atoms with Crippen molar-refractivity contribution in [3.63, 3.8) is 0 Å². The molecule has 0 saturated carbocycles. The van der Waals surface area contributed by atoms with E-state index in [0.717, 1.165) is 50.0 Å². The van der Waals surface area contributed by atoms with E-state index in [2.05, 4.69) is 121 Å². The summed E-state index contributed by atoms with van der Waals surface area (Å²) in [6.45, 7) is 20.5. The van der Waals surface area contributed by atoms with Gasteiger partial charge in [-0.15, -0.1) is 59.7 Å². The number of rotatable bonds is 5. The number of fused-ring (bicyclic) bond motifs is 3. The van der Waals surface area contributed by atoms with Gasteiger partial charge in [0.15, 0.2) is 0 Å². The fourth-order valence-corrected chi connectivity index (χ4v) is 9.65. The Hall–Kier alpha value is -3.80. The summed E-state index contributed by atoms with van der Waals surface area (Å²) in [4.78, 5) is 9.35. The summed E-state index contributed by atoms with van der Waals surface area (Å²) in [7, 11) is -1.37. The summed E-state index contributed by atoms with van der Waals surface area (Å²) < 4.78 is 16.1. The molecule has 0 fully saturated rings. The van der Waals surface area contributed by atoms with Gasteiger partial charge >= 0.3 is 0 Å². The van der Waals surface area contributed by atoms with E-state index in [9.17, 15) is 4.39 Å². The fraction of sp³-hybridized carbons (Fsp3) is 0.244. The molecule has 0 amide bonds. The number of aromatic nitrogens is 2. The first-order valence-corrected chi connectivity index (χ1v) is 21.5. The van der Waals surface area contributed by atoms with E-state index in [-0.39, 0.29) is 31.3 Å². The van der Waals surface area contributed by atoms with Crippen LogP contribution in [0.25, 0.3) is 53.8 Å². The van der Waals surface area contributed by atoms with E-state index in [1.54, 1.807) is 6.07 Å². The summed E-state index contributed by atoms with van der Waals surface area (Å²) in [6, 6.07) is 34.8. The van der Waals surface area contributed by atoms with Gasteiger partial charge in [-0.05, 0) is 93.7 Å². The van der Waals surface area contributed by atoms with Crippen molar-refractivity contribution in [3.05, 3.63) is 138 Å². The number of halogens is 1. The van der Waals surface area contributed by atoms with Crippen molar-refractivity contribution in [1.29, 1.82) is 0 Å². The minimum Gasteiger partial charge on any atom is -0.305 e. The maximum atomic E-state index is 14.4. The van der Waals surface area contributed by atoms with Crippen molar-refractivity contribution in [2.75, 3.05) is 0 Å². The second kappa shape index (κ2) is 15.4. The Labute approximate surface area is 321 Å². The summed E-state index contributed by atoms with van der Waals surface area (Å²) >= 11 is 1.47. The maximum absolute atomic E-state index is 14.4. The minimum absolute atomic E-state index is 0. The molecule has 0 saturated heterocycles. The average Bonchev–Trinajstić information content (AvgIpc) is 3.44. The molecule has 263 valence electrons. The van der Waals surface area contributed by atoms with Gasteiger partial charge in [0, 0.05) is 32.5 Å². The van der Waals surface area contributed by atoms with Gasteiger partial charge in [0.05, 0.1) is 12.8 Å². The van der Waals surface area contributed by atoms with Crippen LogP contribution in [0.4, 0.5) is 4.39 Å². The molecular weight excluding hydrogens is 840 g/mol. The van der Waals surface area contributed by atoms with Crippen LogP contribution in [0.5, 0.6) is 0 Å². The first kappa shape index (κ1) is 38.4. The molecule has 7 rings (SSSR count). The molecule has 0 aliphatic rings. The largest absolute Gasteiger partial charge is 0.305 e. The molecule has 0 unspecified atom stereocenters. The molecule has 4 aromatic carbocycles. The van der Waals surface area contributed by atoms with Crippen LogP contribution in [0.3, 0.4) is 0 Å². The fourth-order valence-electron chi connectivity index (χ4n) is 6.87. The molecule has 3 heterocycles. The molecule has 0 bridgehead atoms. The van der Waals surface area contributed by atoms with Crippen molar-refractivity contribution in [2.24, 2.45) is 5.41 Å². The predicted molar refractivity (Wildman–Crippen MR) is 216 cm³/mol. The zero-order valence-electron chi connectivity index (χ0n) is 31.0. The van der Waals surface area contributed by atoms with Gasteiger partial charge in [0.25, 0.3) is 0 Å². The minimum atomic E-state index is -1.37. The smallest absolute Gasteiger partial charge is 0.140 e. The van der Waals surface area contributed by atoms with Gasteiger partial charge < -0.3 is 9.97 Å². The number of nitrogens with zero attached hydrogens (tertiary/aromatic N) is 2. The molecular formula is C45H45FIrN2SSi-2. The molecule has 51 heavy (non-hydrogen) atoms. The van der Waals surface area contributed by atoms with Crippen LogP contribution >= 0.6 is 11.3 Å². The Morgan fingerprint density at radius 2 is 1.49 bits per heavy atom. The Morgan fingerprint density at radius 1 is 0.765 bits per heavy atom. The summed E-state index contributed by atoms with van der Waals surface area (Å²) in [5.41, 5.74) is 11.8. The van der Waals surface area contributed by atoms with Crippen molar-refractivity contribution >= 4 is 44.8 Å². The Kier molecular flexibility index (Phi) is 11.6. The second-order valence-corrected chi connectivity index (χ2v) is 21.6. The van der Waals surface area contributed by atoms with Crippen LogP contribution in [0.2, 0.25) is 19.6 Å². The molecule has 0 N–H and O–H groups in total. The van der Waals surface area contributed by atoms with Gasteiger partial charge in [-0.1, -0.05) is 93.3 Å². The molecule has 0 atom stereocenters. The van der Waals surface area contributed by atoms with Crippen molar-refractivity contribution in [2.45, 2.75) is 67.6 Å². The van der Waals surface area contributed by atoms with Gasteiger partial charge in [0.2, 0.25) is 0 Å². The zero-order chi connectivity index (χ0) is 35.8. The number of hydrogen-bond acceptors (Lipinski definition) is 3. The number of benzene rings is 4. The molecule has 0 aliphatic heterocycles. The van der Waals surface area contributed by atoms with E-state index in [1.807, 2.05) is 42.6 Å². The SMILES string of the molecule is CC(C)(C)Cc1cc(-c2[c-]cccc2)ncc1[Si](C)(C)C.Cc1cc(C)c(-c2ccnc(-c3[c-]ccc4c3sc3c(F)cccc34)c2)c(C)c1.[Ir]. The van der Waals surface area contributed by atoms with Crippen LogP contribution < -0.4 is 5.19 Å². The third kappa shape index (κ3) is 8.64. The monoisotopic (exact) mass is 885 g/mol. The molecule has 3 aromatic heterocycles. The van der Waals surface area contributed by atoms with Crippen LogP contribution in [0.15, 0.2) is 97.3 Å². The quantitative estimate of drug-likeness (QED) is 0.127. The van der Waals surface area contributed by atoms with Crippen molar-refractivity contribution in [3.8, 4) is 33.6 Å². The number of hydrogen-bond donors (Lipinski definition) is 0. The summed E-state index contributed by atoms with van der Waals surface area (Å²) in [5.74, 6) is -0.178. The summed E-state index contributed by atoms with van der Waals surface area (Å²) in [6.07, 6.45) is 5.06. The maximum Gasteiger partial charge on any atom is 0.140 e. The topological polar surface area (TPSA) is 25.8 Å². The number of pyridine rings is 2. The standard InChI is InChI=1S/C26H19FNS.C19H26NSi.Ir/c1-15-12-16(2)24(17(3)13-15)18-10-11-28-23(14-18)21-8-4-6-19-20-7-5-9-22(27)26(20)29-25(19)21;1-19(2,3)13-16-12-17(15-10-8-7-9-11-15)20-14-18(16)21(4,5)6;/h4-7,9-14H,1-3H3;7-10,12,14H,13H2,1-6H3;/q2*-1;. The average molecular weight is 885 g/mol. The van der Waals surface area contributed by atoms with Gasteiger partial charge in [-0.2, -0.15) is 11.3 Å². The molecule has 1 radical (unpaired) electrons. The van der Waals surface area contributed by atoms with E-state index in [0.29, 0.717) is 4.70 Å². The Morgan fingerprint density at radius 3 is 2.16 bits per heavy atom. The van der Waals surface area contributed by atoms with Crippen LogP contribution in [0, 0.1) is 44.1 Å². The Balaban J connectivity index is 0.000000205.